The van der Waals surface area contributed by atoms with Crippen LogP contribution in [-0.4, -0.2) is 39.8 Å². The number of nitrogens with zero attached hydrogens (tertiary/aromatic N) is 1. The zero-order chi connectivity index (χ0) is 20.7. The number of benzene rings is 2. The molecule has 0 unspecified atom stereocenters. The molecule has 0 radical (unpaired) electrons. The highest BCUT2D eigenvalue weighted by atomic mass is 32.2. The molecule has 0 saturated carbocycles. The molecule has 152 valence electrons. The first-order valence-corrected chi connectivity index (χ1v) is 10.8. The summed E-state index contributed by atoms with van der Waals surface area (Å²) in [5.41, 5.74) is 1.44. The smallest absolute Gasteiger partial charge is 0.244 e. The maximum atomic E-state index is 12.9. The van der Waals surface area contributed by atoms with E-state index in [0.29, 0.717) is 17.9 Å². The average Bonchev–Trinajstić information content (AvgIpc) is 2.64. The lowest BCUT2D eigenvalue weighted by Gasteiger charge is -2.30. The second-order valence-corrected chi connectivity index (χ2v) is 8.27. The van der Waals surface area contributed by atoms with Gasteiger partial charge in [-0.25, -0.2) is 12.8 Å². The van der Waals surface area contributed by atoms with E-state index >= 15 is 0 Å². The van der Waals surface area contributed by atoms with Crippen molar-refractivity contribution >= 4 is 21.6 Å². The molecule has 0 bridgehead atoms. The fraction of sp³-hybridized carbons (Fsp3) is 0.350. The van der Waals surface area contributed by atoms with Crippen LogP contribution >= 0.6 is 0 Å². The molecule has 1 N–H and O–H groups in total. The van der Waals surface area contributed by atoms with E-state index in [1.54, 1.807) is 31.2 Å². The highest BCUT2D eigenvalue weighted by Crippen LogP contribution is 2.23. The van der Waals surface area contributed by atoms with Gasteiger partial charge in [0.25, 0.3) is 0 Å². The number of ether oxygens (including phenoxy) is 1. The molecule has 6 nitrogen and oxygen atoms in total. The number of aryl methyl sites for hydroxylation is 1. The highest BCUT2D eigenvalue weighted by molar-refractivity contribution is 7.92. The molecule has 28 heavy (non-hydrogen) atoms. The van der Waals surface area contributed by atoms with E-state index in [-0.39, 0.29) is 19.0 Å². The molecule has 1 atom stereocenters. The maximum Gasteiger partial charge on any atom is 0.244 e. The zero-order valence-electron chi connectivity index (χ0n) is 16.2. The Bertz CT molecular complexity index is 883. The molecule has 0 aliphatic rings. The molecule has 1 amide bonds. The minimum Gasteiger partial charge on any atom is -0.492 e. The lowest BCUT2D eigenvalue weighted by molar-refractivity contribution is -0.122. The van der Waals surface area contributed by atoms with Gasteiger partial charge in [0, 0.05) is 0 Å². The lowest BCUT2D eigenvalue weighted by Crippen LogP contribution is -2.50. The Kier molecular flexibility index (Phi) is 7.39. The Morgan fingerprint density at radius 1 is 1.14 bits per heavy atom. The summed E-state index contributed by atoms with van der Waals surface area (Å²) in [5.74, 6) is -0.278. The fourth-order valence-electron chi connectivity index (χ4n) is 2.74. The average molecular weight is 408 g/mol. The second kappa shape index (κ2) is 9.54. The van der Waals surface area contributed by atoms with Gasteiger partial charge in [0.2, 0.25) is 15.9 Å². The van der Waals surface area contributed by atoms with Crippen LogP contribution in [0.4, 0.5) is 10.1 Å². The van der Waals surface area contributed by atoms with Crippen LogP contribution in [0.5, 0.6) is 5.75 Å². The number of anilines is 1. The van der Waals surface area contributed by atoms with Crippen molar-refractivity contribution < 1.29 is 22.3 Å². The fourth-order valence-corrected chi connectivity index (χ4v) is 3.96. The summed E-state index contributed by atoms with van der Waals surface area (Å²) in [4.78, 5) is 12.6. The highest BCUT2D eigenvalue weighted by Gasteiger charge is 2.31. The molecule has 0 aliphatic heterocycles. The van der Waals surface area contributed by atoms with Crippen LogP contribution in [0.2, 0.25) is 0 Å². The van der Waals surface area contributed by atoms with Crippen molar-refractivity contribution in [1.82, 2.24) is 5.32 Å². The number of amides is 1. The van der Waals surface area contributed by atoms with Crippen molar-refractivity contribution in [3.05, 3.63) is 59.9 Å². The first-order chi connectivity index (χ1) is 13.2. The molecule has 0 heterocycles. The number of halogens is 1. The van der Waals surface area contributed by atoms with Crippen LogP contribution in [0, 0.1) is 12.7 Å². The number of hydrogen-bond acceptors (Lipinski definition) is 4. The van der Waals surface area contributed by atoms with Gasteiger partial charge < -0.3 is 10.1 Å². The summed E-state index contributed by atoms with van der Waals surface area (Å²) in [6.45, 7) is 4.03. The molecule has 0 spiro atoms. The van der Waals surface area contributed by atoms with E-state index in [9.17, 15) is 17.6 Å². The summed E-state index contributed by atoms with van der Waals surface area (Å²) < 4.78 is 44.2. The van der Waals surface area contributed by atoms with Gasteiger partial charge >= 0.3 is 0 Å². The Morgan fingerprint density at radius 3 is 2.29 bits per heavy atom. The maximum absolute atomic E-state index is 12.9. The predicted molar refractivity (Wildman–Crippen MR) is 107 cm³/mol. The van der Waals surface area contributed by atoms with Gasteiger partial charge in [-0.2, -0.15) is 0 Å². The van der Waals surface area contributed by atoms with Crippen molar-refractivity contribution in [3.63, 3.8) is 0 Å². The predicted octanol–water partition coefficient (Wildman–Crippen LogP) is 2.87. The third-order valence-electron chi connectivity index (χ3n) is 4.10. The van der Waals surface area contributed by atoms with Crippen LogP contribution in [0.25, 0.3) is 0 Å². The number of nitrogens with one attached hydrogen (secondary N) is 1. The van der Waals surface area contributed by atoms with Crippen molar-refractivity contribution in [1.29, 1.82) is 0 Å². The summed E-state index contributed by atoms with van der Waals surface area (Å²) in [6.07, 6.45) is 1.39. The molecule has 2 aromatic carbocycles. The second-order valence-electron chi connectivity index (χ2n) is 6.41. The molecule has 0 fully saturated rings. The van der Waals surface area contributed by atoms with E-state index in [4.69, 9.17) is 4.74 Å². The number of rotatable bonds is 9. The molecular formula is C20H25FN2O4S. The van der Waals surface area contributed by atoms with Gasteiger partial charge in [0.05, 0.1) is 18.5 Å². The van der Waals surface area contributed by atoms with E-state index in [0.717, 1.165) is 16.1 Å². The number of carbonyl (C=O) groups is 1. The molecule has 2 rings (SSSR count). The molecule has 8 heteroatoms. The number of carbonyl (C=O) groups excluding carboxylic acids is 1. The van der Waals surface area contributed by atoms with Gasteiger partial charge in [-0.05, 0) is 49.7 Å². The number of hydrogen-bond donors (Lipinski definition) is 1. The third kappa shape index (κ3) is 5.95. The van der Waals surface area contributed by atoms with Crippen LogP contribution < -0.4 is 14.4 Å². The van der Waals surface area contributed by atoms with Crippen LogP contribution in [0.15, 0.2) is 48.5 Å². The van der Waals surface area contributed by atoms with E-state index < -0.39 is 22.0 Å². The summed E-state index contributed by atoms with van der Waals surface area (Å²) in [7, 11) is -3.66. The van der Waals surface area contributed by atoms with Gasteiger partial charge in [-0.1, -0.05) is 24.6 Å². The first-order valence-electron chi connectivity index (χ1n) is 8.94. The number of sulfonamides is 1. The topological polar surface area (TPSA) is 75.7 Å². The minimum absolute atomic E-state index is 0.178. The van der Waals surface area contributed by atoms with Gasteiger partial charge in [-0.3, -0.25) is 9.10 Å². The molecule has 0 aliphatic carbocycles. The molecular weight excluding hydrogens is 383 g/mol. The molecule has 0 aromatic heterocycles. The zero-order valence-corrected chi connectivity index (χ0v) is 17.0. The third-order valence-corrected chi connectivity index (χ3v) is 5.28. The lowest BCUT2D eigenvalue weighted by atomic mass is 10.1. The molecule has 2 aromatic rings. The van der Waals surface area contributed by atoms with Crippen molar-refractivity contribution in [3.8, 4) is 5.75 Å². The summed E-state index contributed by atoms with van der Waals surface area (Å²) in [5, 5.41) is 2.70. The molecule has 0 saturated heterocycles. The Balaban J connectivity index is 2.02. The van der Waals surface area contributed by atoms with Crippen LogP contribution in [0.1, 0.15) is 18.9 Å². The Labute approximate surface area is 165 Å². The largest absolute Gasteiger partial charge is 0.492 e. The van der Waals surface area contributed by atoms with E-state index in [1.165, 1.54) is 24.3 Å². The normalized spacial score (nSPS) is 12.3. The van der Waals surface area contributed by atoms with E-state index in [2.05, 4.69) is 5.32 Å². The Morgan fingerprint density at radius 2 is 1.75 bits per heavy atom. The van der Waals surface area contributed by atoms with Crippen molar-refractivity contribution in [2.24, 2.45) is 0 Å². The monoisotopic (exact) mass is 408 g/mol. The van der Waals surface area contributed by atoms with Crippen molar-refractivity contribution in [2.45, 2.75) is 26.3 Å². The Hall–Kier alpha value is -2.61. The summed E-state index contributed by atoms with van der Waals surface area (Å²) >= 11 is 0. The summed E-state index contributed by atoms with van der Waals surface area (Å²) in [6, 6.07) is 11.7. The first kappa shape index (κ1) is 21.7. The van der Waals surface area contributed by atoms with Gasteiger partial charge in [0.1, 0.15) is 24.2 Å². The SMILES string of the molecule is CC[C@@H](C(=O)NCCOc1ccc(F)cc1)N(c1ccc(C)cc1)S(C)(=O)=O. The van der Waals surface area contributed by atoms with Gasteiger partial charge in [-0.15, -0.1) is 0 Å². The van der Waals surface area contributed by atoms with Crippen LogP contribution in [-0.2, 0) is 14.8 Å². The van der Waals surface area contributed by atoms with Crippen molar-refractivity contribution in [2.75, 3.05) is 23.7 Å². The standard InChI is InChI=1S/C20H25FN2O4S/c1-4-19(23(28(3,25)26)17-9-5-15(2)6-10-17)20(24)22-13-14-27-18-11-7-16(21)8-12-18/h5-12,19H,4,13-14H2,1-3H3,(H,22,24)/t19-/m0/s1. The van der Waals surface area contributed by atoms with Crippen LogP contribution in [0.3, 0.4) is 0 Å². The van der Waals surface area contributed by atoms with Gasteiger partial charge in [0.15, 0.2) is 0 Å². The minimum atomic E-state index is -3.66. The quantitative estimate of drug-likeness (QED) is 0.648. The van der Waals surface area contributed by atoms with E-state index in [1.807, 2.05) is 6.92 Å².